The van der Waals surface area contributed by atoms with Gasteiger partial charge >= 0.3 is 0 Å². The molecule has 0 amide bonds. The molecule has 0 fully saturated rings. The Kier molecular flexibility index (Phi) is 3.42. The van der Waals surface area contributed by atoms with E-state index in [0.29, 0.717) is 12.7 Å². The summed E-state index contributed by atoms with van der Waals surface area (Å²) in [6, 6.07) is 0. The Morgan fingerprint density at radius 1 is 1.33 bits per heavy atom. The molecule has 15 heavy (non-hydrogen) atoms. The van der Waals surface area contributed by atoms with E-state index in [-0.39, 0.29) is 5.78 Å². The van der Waals surface area contributed by atoms with Crippen LogP contribution in [0, 0.1) is 5.92 Å². The van der Waals surface area contributed by atoms with Crippen molar-refractivity contribution in [3.8, 4) is 0 Å². The average molecular weight is 210 g/mol. The molecule has 1 aliphatic carbocycles. The highest BCUT2D eigenvalue weighted by molar-refractivity contribution is 5.97. The highest BCUT2D eigenvalue weighted by Gasteiger charge is 2.39. The molecule has 0 spiro atoms. The van der Waals surface area contributed by atoms with Gasteiger partial charge in [0.15, 0.2) is 0 Å². The number of likely N-dealkylation sites (N-methyl/N-ethyl adjacent to an activating group) is 2. The fourth-order valence-electron chi connectivity index (χ4n) is 1.93. The van der Waals surface area contributed by atoms with Gasteiger partial charge in [-0.05, 0) is 28.2 Å². The fourth-order valence-corrected chi connectivity index (χ4v) is 1.93. The molecule has 0 N–H and O–H groups in total. The second-order valence-corrected chi connectivity index (χ2v) is 4.33. The maximum absolute atomic E-state index is 11.7. The molecule has 0 aliphatic heterocycles. The first-order valence-corrected chi connectivity index (χ1v) is 4.96. The molecule has 0 aromatic carbocycles. The van der Waals surface area contributed by atoms with Gasteiger partial charge in [-0.2, -0.15) is 0 Å². The van der Waals surface area contributed by atoms with E-state index in [0.717, 1.165) is 0 Å². The number of nitrogens with zero attached hydrogens (tertiary/aromatic N) is 2. The van der Waals surface area contributed by atoms with Gasteiger partial charge in [0, 0.05) is 6.42 Å². The van der Waals surface area contributed by atoms with Gasteiger partial charge in [-0.15, -0.1) is 0 Å². The van der Waals surface area contributed by atoms with Crippen LogP contribution in [0.2, 0.25) is 0 Å². The number of ketones is 1. The Bertz CT molecular complexity index is 287. The van der Waals surface area contributed by atoms with Crippen LogP contribution in [0.4, 0.5) is 0 Å². The van der Waals surface area contributed by atoms with Crippen molar-refractivity contribution in [1.29, 1.82) is 0 Å². The van der Waals surface area contributed by atoms with Crippen LogP contribution in [0.1, 0.15) is 6.42 Å². The van der Waals surface area contributed by atoms with Gasteiger partial charge < -0.3 is 4.79 Å². The lowest BCUT2D eigenvalue weighted by atomic mass is 9.86. The van der Waals surface area contributed by atoms with Gasteiger partial charge in [0.2, 0.25) is 0 Å². The third kappa shape index (κ3) is 2.01. The Balaban J connectivity index is 3.05. The largest absolute Gasteiger partial charge is 0.302 e. The van der Waals surface area contributed by atoms with Crippen LogP contribution in [0.5, 0.6) is 0 Å². The first-order chi connectivity index (χ1) is 6.94. The number of allylic oxidation sites excluding steroid dienone is 1. The molecule has 0 saturated heterocycles. The van der Waals surface area contributed by atoms with Crippen LogP contribution >= 0.6 is 0 Å². The van der Waals surface area contributed by atoms with Gasteiger partial charge in [0.25, 0.3) is 0 Å². The van der Waals surface area contributed by atoms with Crippen molar-refractivity contribution >= 4 is 12.1 Å². The lowest BCUT2D eigenvalue weighted by Crippen LogP contribution is -2.56. The zero-order chi connectivity index (χ0) is 11.6. The van der Waals surface area contributed by atoms with Crippen LogP contribution in [0.25, 0.3) is 0 Å². The molecule has 1 aliphatic rings. The topological polar surface area (TPSA) is 40.6 Å². The number of carbonyl (C=O) groups is 2. The first-order valence-electron chi connectivity index (χ1n) is 4.96. The zero-order valence-corrected chi connectivity index (χ0v) is 9.73. The van der Waals surface area contributed by atoms with Gasteiger partial charge in [0.1, 0.15) is 12.1 Å². The summed E-state index contributed by atoms with van der Waals surface area (Å²) in [5.74, 6) is -0.576. The minimum Gasteiger partial charge on any atom is -0.302 e. The van der Waals surface area contributed by atoms with E-state index in [2.05, 4.69) is 0 Å². The predicted molar refractivity (Wildman–Crippen MR) is 58.4 cm³/mol. The quantitative estimate of drug-likeness (QED) is 0.288. The summed E-state index contributed by atoms with van der Waals surface area (Å²) in [6.45, 7) is 0. The van der Waals surface area contributed by atoms with Gasteiger partial charge in [0.05, 0.1) is 11.6 Å². The number of Topliss-reactive ketones (excluding diaryl/α,β-unsaturated/α-hetero) is 1. The molecule has 1 rings (SSSR count). The van der Waals surface area contributed by atoms with E-state index < -0.39 is 11.6 Å². The smallest absolute Gasteiger partial charge is 0.150 e. The van der Waals surface area contributed by atoms with Crippen molar-refractivity contribution in [1.82, 2.24) is 9.80 Å². The Morgan fingerprint density at radius 2 is 1.87 bits per heavy atom. The molecule has 0 aromatic rings. The van der Waals surface area contributed by atoms with E-state index in [1.807, 2.05) is 44.1 Å². The first kappa shape index (κ1) is 12.1. The van der Waals surface area contributed by atoms with Crippen LogP contribution < -0.4 is 0 Å². The summed E-state index contributed by atoms with van der Waals surface area (Å²) in [7, 11) is 7.72. The molecular weight excluding hydrogens is 192 g/mol. The van der Waals surface area contributed by atoms with Crippen LogP contribution in [-0.2, 0) is 9.59 Å². The molecule has 4 heteroatoms. The zero-order valence-electron chi connectivity index (χ0n) is 9.73. The molecule has 4 nitrogen and oxygen atoms in total. The maximum atomic E-state index is 11.7. The van der Waals surface area contributed by atoms with Gasteiger partial charge in [-0.25, -0.2) is 0 Å². The van der Waals surface area contributed by atoms with Gasteiger partial charge in [-0.1, -0.05) is 12.2 Å². The molecule has 84 valence electrons. The minimum absolute atomic E-state index is 0.0186. The molecule has 0 aromatic heterocycles. The summed E-state index contributed by atoms with van der Waals surface area (Å²) in [5.41, 5.74) is -0.392. The van der Waals surface area contributed by atoms with Crippen molar-refractivity contribution in [2.75, 3.05) is 28.2 Å². The van der Waals surface area contributed by atoms with E-state index in [9.17, 15) is 9.59 Å². The lowest BCUT2D eigenvalue weighted by Gasteiger charge is -2.44. The summed E-state index contributed by atoms with van der Waals surface area (Å²) in [5, 5.41) is 0. The molecule has 1 atom stereocenters. The Morgan fingerprint density at radius 3 is 2.20 bits per heavy atom. The number of hydrogen-bond acceptors (Lipinski definition) is 4. The fraction of sp³-hybridized carbons (Fsp3) is 0.636. The van der Waals surface area contributed by atoms with Gasteiger partial charge in [-0.3, -0.25) is 14.6 Å². The van der Waals surface area contributed by atoms with Crippen molar-refractivity contribution in [2.24, 2.45) is 5.92 Å². The van der Waals surface area contributed by atoms with E-state index in [1.54, 1.807) is 6.08 Å². The molecule has 0 heterocycles. The monoisotopic (exact) mass is 210 g/mol. The molecule has 0 bridgehead atoms. The number of aldehydes is 1. The standard InChI is InChI=1S/C11H18N2O2/c1-12(2)11(13(3)4)6-5-9(8-14)10(15)7-11/h5-6,8-9H,7H2,1-4H3. The summed E-state index contributed by atoms with van der Waals surface area (Å²) < 4.78 is 0. The SMILES string of the molecule is CN(C)C1(N(C)C)C=CC(C=O)C(=O)C1. The number of hydrogen-bond donors (Lipinski definition) is 0. The van der Waals surface area contributed by atoms with Crippen molar-refractivity contribution in [3.05, 3.63) is 12.2 Å². The minimum atomic E-state index is -0.557. The summed E-state index contributed by atoms with van der Waals surface area (Å²) >= 11 is 0. The van der Waals surface area contributed by atoms with Crippen molar-refractivity contribution < 1.29 is 9.59 Å². The second kappa shape index (κ2) is 4.24. The van der Waals surface area contributed by atoms with Crippen LogP contribution in [-0.4, -0.2) is 55.7 Å². The summed E-state index contributed by atoms with van der Waals surface area (Å²) in [4.78, 5) is 26.3. The molecular formula is C11H18N2O2. The normalized spacial score (nSPS) is 24.9. The van der Waals surface area contributed by atoms with E-state index >= 15 is 0 Å². The Hall–Kier alpha value is -1.00. The molecule has 0 radical (unpaired) electrons. The highest BCUT2D eigenvalue weighted by atomic mass is 16.1. The average Bonchev–Trinajstić information content (AvgIpc) is 2.16. The molecule has 0 saturated carbocycles. The third-order valence-electron chi connectivity index (χ3n) is 3.07. The second-order valence-electron chi connectivity index (χ2n) is 4.33. The Labute approximate surface area is 90.5 Å². The number of rotatable bonds is 3. The maximum Gasteiger partial charge on any atom is 0.150 e. The van der Waals surface area contributed by atoms with E-state index in [1.165, 1.54) is 0 Å². The van der Waals surface area contributed by atoms with Crippen LogP contribution in [0.15, 0.2) is 12.2 Å². The van der Waals surface area contributed by atoms with E-state index in [4.69, 9.17) is 0 Å². The third-order valence-corrected chi connectivity index (χ3v) is 3.07. The molecule has 1 unspecified atom stereocenters. The van der Waals surface area contributed by atoms with Crippen LogP contribution in [0.3, 0.4) is 0 Å². The van der Waals surface area contributed by atoms with Crippen molar-refractivity contribution in [3.63, 3.8) is 0 Å². The predicted octanol–water partition coefficient (Wildman–Crippen LogP) is 0.150. The van der Waals surface area contributed by atoms with Crippen molar-refractivity contribution in [2.45, 2.75) is 12.1 Å². The highest BCUT2D eigenvalue weighted by Crippen LogP contribution is 2.28. The summed E-state index contributed by atoms with van der Waals surface area (Å²) in [6.07, 6.45) is 4.69. The lowest BCUT2D eigenvalue weighted by molar-refractivity contribution is -0.130. The number of carbonyl (C=O) groups excluding carboxylic acids is 2.